The lowest BCUT2D eigenvalue weighted by atomic mass is 9.98. The van der Waals surface area contributed by atoms with Crippen LogP contribution >= 0.6 is 0 Å². The molecule has 21 heavy (non-hydrogen) atoms. The molecule has 2 rings (SSSR count). The van der Waals surface area contributed by atoms with Gasteiger partial charge in [-0.2, -0.15) is 13.2 Å². The quantitative estimate of drug-likeness (QED) is 0.588. The minimum atomic E-state index is -4.93. The smallest absolute Gasteiger partial charge is 0.288 e. The monoisotopic (exact) mass is 300 g/mol. The summed E-state index contributed by atoms with van der Waals surface area (Å²) in [4.78, 5) is 12.1. The lowest BCUT2D eigenvalue weighted by Gasteiger charge is -2.11. The summed E-state index contributed by atoms with van der Waals surface area (Å²) in [6, 6.07) is 5.90. The van der Waals surface area contributed by atoms with Crippen LogP contribution in [0.15, 0.2) is 36.4 Å². The second-order valence-electron chi connectivity index (χ2n) is 4.48. The van der Waals surface area contributed by atoms with Gasteiger partial charge in [-0.3, -0.25) is 4.79 Å². The predicted octanol–water partition coefficient (Wildman–Crippen LogP) is 4.52. The van der Waals surface area contributed by atoms with Gasteiger partial charge in [-0.15, -0.1) is 0 Å². The fourth-order valence-corrected chi connectivity index (χ4v) is 1.88. The average Bonchev–Trinajstić information content (AvgIpc) is 2.39. The molecule has 1 nitrogen and oxygen atoms in total. The number of rotatable bonds is 2. The van der Waals surface area contributed by atoms with E-state index >= 15 is 0 Å². The van der Waals surface area contributed by atoms with Gasteiger partial charge in [-0.05, 0) is 31.2 Å². The zero-order valence-corrected chi connectivity index (χ0v) is 10.8. The van der Waals surface area contributed by atoms with Crippen molar-refractivity contribution < 1.29 is 26.7 Å². The number of halogens is 5. The maximum atomic E-state index is 13.9. The van der Waals surface area contributed by atoms with E-state index in [0.29, 0.717) is 11.6 Å². The summed E-state index contributed by atoms with van der Waals surface area (Å²) in [5, 5.41) is 0. The number of hydrogen-bond acceptors (Lipinski definition) is 1. The molecule has 0 heterocycles. The van der Waals surface area contributed by atoms with Gasteiger partial charge in [0.05, 0.1) is 16.7 Å². The molecule has 0 aliphatic heterocycles. The fourth-order valence-electron chi connectivity index (χ4n) is 1.88. The minimum absolute atomic E-state index is 0.465. The van der Waals surface area contributed by atoms with Crippen LogP contribution in [0.2, 0.25) is 0 Å². The Balaban J connectivity index is 2.57. The second-order valence-corrected chi connectivity index (χ2v) is 4.48. The normalized spacial score (nSPS) is 11.5. The predicted molar refractivity (Wildman–Crippen MR) is 66.0 cm³/mol. The average molecular weight is 300 g/mol. The molecule has 0 N–H and O–H groups in total. The molecular formula is C15H9F5O. The van der Waals surface area contributed by atoms with Crippen LogP contribution in [0.25, 0.3) is 0 Å². The minimum Gasteiger partial charge on any atom is -0.288 e. The van der Waals surface area contributed by atoms with Gasteiger partial charge >= 0.3 is 6.18 Å². The number of carbonyl (C=O) groups is 1. The summed E-state index contributed by atoms with van der Waals surface area (Å²) in [6.45, 7) is 1.58. The summed E-state index contributed by atoms with van der Waals surface area (Å²) in [5.74, 6) is -3.74. The molecule has 0 bridgehead atoms. The van der Waals surface area contributed by atoms with E-state index in [1.54, 1.807) is 6.92 Å². The van der Waals surface area contributed by atoms with Gasteiger partial charge in [0, 0.05) is 0 Å². The molecule has 0 aliphatic rings. The van der Waals surface area contributed by atoms with Crippen LogP contribution in [-0.4, -0.2) is 5.78 Å². The van der Waals surface area contributed by atoms with E-state index in [4.69, 9.17) is 0 Å². The van der Waals surface area contributed by atoms with E-state index in [1.807, 2.05) is 0 Å². The first-order valence-electron chi connectivity index (χ1n) is 5.88. The largest absolute Gasteiger partial charge is 0.419 e. The van der Waals surface area contributed by atoms with Gasteiger partial charge in [-0.25, -0.2) is 8.78 Å². The Morgan fingerprint density at radius 2 is 1.67 bits per heavy atom. The third kappa shape index (κ3) is 2.94. The van der Waals surface area contributed by atoms with Gasteiger partial charge in [0.2, 0.25) is 0 Å². The van der Waals surface area contributed by atoms with Gasteiger partial charge in [0.1, 0.15) is 11.6 Å². The van der Waals surface area contributed by atoms with Crippen LogP contribution < -0.4 is 0 Å². The first-order chi connectivity index (χ1) is 9.71. The van der Waals surface area contributed by atoms with E-state index in [-0.39, 0.29) is 0 Å². The maximum Gasteiger partial charge on any atom is 0.419 e. The summed E-state index contributed by atoms with van der Waals surface area (Å²) >= 11 is 0. The lowest BCUT2D eigenvalue weighted by Crippen LogP contribution is -2.14. The highest BCUT2D eigenvalue weighted by Crippen LogP contribution is 2.33. The summed E-state index contributed by atoms with van der Waals surface area (Å²) in [5.41, 5.74) is -2.30. The summed E-state index contributed by atoms with van der Waals surface area (Å²) in [7, 11) is 0. The zero-order valence-electron chi connectivity index (χ0n) is 10.8. The number of aryl methyl sites for hydroxylation is 1. The molecule has 2 aromatic rings. The van der Waals surface area contributed by atoms with Crippen LogP contribution in [0.1, 0.15) is 27.0 Å². The molecule has 0 spiro atoms. The molecule has 0 saturated heterocycles. The number of hydrogen-bond donors (Lipinski definition) is 0. The van der Waals surface area contributed by atoms with Crippen molar-refractivity contribution in [2.45, 2.75) is 13.1 Å². The van der Waals surface area contributed by atoms with E-state index < -0.39 is 40.3 Å². The molecule has 2 aromatic carbocycles. The summed E-state index contributed by atoms with van der Waals surface area (Å²) < 4.78 is 65.3. The zero-order chi connectivity index (χ0) is 15.8. The van der Waals surface area contributed by atoms with E-state index in [1.165, 1.54) is 6.07 Å². The van der Waals surface area contributed by atoms with Crippen molar-refractivity contribution in [2.75, 3.05) is 0 Å². The van der Waals surface area contributed by atoms with Gasteiger partial charge in [0.25, 0.3) is 0 Å². The first-order valence-corrected chi connectivity index (χ1v) is 5.88. The maximum absolute atomic E-state index is 13.9. The van der Waals surface area contributed by atoms with Crippen LogP contribution in [0, 0.1) is 18.6 Å². The van der Waals surface area contributed by atoms with Gasteiger partial charge in [-0.1, -0.05) is 17.7 Å². The molecule has 0 atom stereocenters. The van der Waals surface area contributed by atoms with Crippen molar-refractivity contribution in [3.8, 4) is 0 Å². The van der Waals surface area contributed by atoms with Crippen molar-refractivity contribution in [2.24, 2.45) is 0 Å². The Morgan fingerprint density at radius 1 is 1.00 bits per heavy atom. The third-order valence-electron chi connectivity index (χ3n) is 2.92. The van der Waals surface area contributed by atoms with Gasteiger partial charge < -0.3 is 0 Å². The SMILES string of the molecule is Cc1ccc(F)c(C(=O)c2cccc(C(F)(F)F)c2F)c1. The van der Waals surface area contributed by atoms with Crippen molar-refractivity contribution in [1.29, 1.82) is 0 Å². The molecular weight excluding hydrogens is 291 g/mol. The molecule has 110 valence electrons. The van der Waals surface area contributed by atoms with E-state index in [9.17, 15) is 26.7 Å². The number of alkyl halides is 3. The number of carbonyl (C=O) groups excluding carboxylic acids is 1. The second kappa shape index (κ2) is 5.27. The van der Waals surface area contributed by atoms with Crippen LogP contribution in [0.5, 0.6) is 0 Å². The molecule has 0 fully saturated rings. The standard InChI is InChI=1S/C15H9F5O/c1-8-5-6-12(16)10(7-8)14(21)9-3-2-4-11(13(9)17)15(18,19)20/h2-7H,1H3. The molecule has 0 aromatic heterocycles. The highest BCUT2D eigenvalue weighted by molar-refractivity contribution is 6.09. The van der Waals surface area contributed by atoms with Crippen molar-refractivity contribution in [3.05, 3.63) is 70.3 Å². The lowest BCUT2D eigenvalue weighted by molar-refractivity contribution is -0.140. The summed E-state index contributed by atoms with van der Waals surface area (Å²) in [6.07, 6.45) is -4.93. The van der Waals surface area contributed by atoms with Gasteiger partial charge in [0.15, 0.2) is 5.78 Å². The fraction of sp³-hybridized carbons (Fsp3) is 0.133. The molecule has 0 radical (unpaired) electrons. The highest BCUT2D eigenvalue weighted by Gasteiger charge is 2.36. The molecule has 0 unspecified atom stereocenters. The van der Waals surface area contributed by atoms with Crippen LogP contribution in [-0.2, 0) is 6.18 Å². The van der Waals surface area contributed by atoms with Crippen molar-refractivity contribution in [1.82, 2.24) is 0 Å². The Bertz CT molecular complexity index is 704. The molecule has 0 aliphatic carbocycles. The van der Waals surface area contributed by atoms with Crippen molar-refractivity contribution >= 4 is 5.78 Å². The highest BCUT2D eigenvalue weighted by atomic mass is 19.4. The number of benzene rings is 2. The van der Waals surface area contributed by atoms with Crippen LogP contribution in [0.3, 0.4) is 0 Å². The Labute approximate surface area is 117 Å². The number of ketones is 1. The Kier molecular flexibility index (Phi) is 3.80. The molecule has 6 heteroatoms. The van der Waals surface area contributed by atoms with E-state index in [0.717, 1.165) is 24.3 Å². The van der Waals surface area contributed by atoms with Crippen molar-refractivity contribution in [3.63, 3.8) is 0 Å². The Morgan fingerprint density at radius 3 is 2.29 bits per heavy atom. The molecule has 0 amide bonds. The first kappa shape index (κ1) is 15.2. The topological polar surface area (TPSA) is 17.1 Å². The molecule has 0 saturated carbocycles. The van der Waals surface area contributed by atoms with E-state index in [2.05, 4.69) is 0 Å². The third-order valence-corrected chi connectivity index (χ3v) is 2.92. The van der Waals surface area contributed by atoms with Crippen LogP contribution in [0.4, 0.5) is 22.0 Å². The Hall–Kier alpha value is -2.24.